The summed E-state index contributed by atoms with van der Waals surface area (Å²) in [5.41, 5.74) is 1.38. The number of aromatic nitrogens is 2. The van der Waals surface area contributed by atoms with E-state index in [2.05, 4.69) is 10.3 Å². The van der Waals surface area contributed by atoms with E-state index >= 15 is 0 Å². The van der Waals surface area contributed by atoms with Crippen molar-refractivity contribution in [2.24, 2.45) is 0 Å². The SMILES string of the molecule is O=c1[nH]c(=O)n(C2CCCCC2)c(O)c1[C@@H]1NCCc2ccccc21. The van der Waals surface area contributed by atoms with Gasteiger partial charge in [0, 0.05) is 12.6 Å². The molecule has 0 unspecified atom stereocenters. The Morgan fingerprint density at radius 2 is 1.84 bits per heavy atom. The third-order valence-corrected chi connectivity index (χ3v) is 5.49. The summed E-state index contributed by atoms with van der Waals surface area (Å²) in [4.78, 5) is 27.3. The molecule has 6 heteroatoms. The maximum Gasteiger partial charge on any atom is 0.331 e. The van der Waals surface area contributed by atoms with Gasteiger partial charge in [0.05, 0.1) is 11.6 Å². The number of aromatic hydroxyl groups is 1. The fourth-order valence-corrected chi connectivity index (χ4v) is 4.25. The van der Waals surface area contributed by atoms with Gasteiger partial charge in [-0.1, -0.05) is 43.5 Å². The molecule has 1 atom stereocenters. The molecule has 25 heavy (non-hydrogen) atoms. The first-order valence-corrected chi connectivity index (χ1v) is 9.05. The molecule has 2 aromatic rings. The highest BCUT2D eigenvalue weighted by Gasteiger charge is 2.30. The fraction of sp³-hybridized carbons (Fsp3) is 0.474. The zero-order valence-electron chi connectivity index (χ0n) is 14.1. The summed E-state index contributed by atoms with van der Waals surface area (Å²) in [5, 5.41) is 14.2. The second kappa shape index (κ2) is 6.52. The zero-order chi connectivity index (χ0) is 17.4. The lowest BCUT2D eigenvalue weighted by Gasteiger charge is -2.29. The molecule has 0 bridgehead atoms. The van der Waals surface area contributed by atoms with E-state index in [1.807, 2.05) is 24.3 Å². The van der Waals surface area contributed by atoms with E-state index in [1.54, 1.807) is 0 Å². The third-order valence-electron chi connectivity index (χ3n) is 5.49. The Hall–Kier alpha value is -2.34. The minimum absolute atomic E-state index is 0.0457. The van der Waals surface area contributed by atoms with Crippen molar-refractivity contribution in [1.82, 2.24) is 14.9 Å². The van der Waals surface area contributed by atoms with Crippen molar-refractivity contribution >= 4 is 0 Å². The summed E-state index contributed by atoms with van der Waals surface area (Å²) >= 11 is 0. The number of benzene rings is 1. The summed E-state index contributed by atoms with van der Waals surface area (Å²) in [6.45, 7) is 0.725. The van der Waals surface area contributed by atoms with E-state index in [9.17, 15) is 14.7 Å². The minimum atomic E-state index is -0.512. The van der Waals surface area contributed by atoms with Gasteiger partial charge in [-0.3, -0.25) is 14.3 Å². The van der Waals surface area contributed by atoms with E-state index in [1.165, 1.54) is 10.1 Å². The highest BCUT2D eigenvalue weighted by molar-refractivity contribution is 5.42. The molecule has 2 heterocycles. The molecule has 2 aliphatic rings. The van der Waals surface area contributed by atoms with Crippen LogP contribution in [0.1, 0.15) is 60.9 Å². The van der Waals surface area contributed by atoms with Gasteiger partial charge in [-0.05, 0) is 30.4 Å². The molecular weight excluding hydrogens is 318 g/mol. The van der Waals surface area contributed by atoms with Crippen LogP contribution in [-0.2, 0) is 6.42 Å². The van der Waals surface area contributed by atoms with Gasteiger partial charge in [-0.2, -0.15) is 0 Å². The summed E-state index contributed by atoms with van der Waals surface area (Å²) in [6.07, 6.45) is 5.82. The van der Waals surface area contributed by atoms with Crippen LogP contribution in [0.25, 0.3) is 0 Å². The quantitative estimate of drug-likeness (QED) is 0.779. The Labute approximate surface area is 145 Å². The minimum Gasteiger partial charge on any atom is -0.494 e. The maximum absolute atomic E-state index is 12.5. The van der Waals surface area contributed by atoms with E-state index < -0.39 is 17.3 Å². The molecule has 6 nitrogen and oxygen atoms in total. The van der Waals surface area contributed by atoms with E-state index in [0.717, 1.165) is 50.6 Å². The summed E-state index contributed by atoms with van der Waals surface area (Å²) in [5.74, 6) is -0.185. The van der Waals surface area contributed by atoms with E-state index in [4.69, 9.17) is 0 Å². The van der Waals surface area contributed by atoms with Crippen molar-refractivity contribution in [2.45, 2.75) is 50.6 Å². The van der Waals surface area contributed by atoms with Crippen LogP contribution < -0.4 is 16.6 Å². The lowest BCUT2D eigenvalue weighted by Crippen LogP contribution is -2.40. The Morgan fingerprint density at radius 1 is 1.08 bits per heavy atom. The molecule has 1 saturated carbocycles. The van der Waals surface area contributed by atoms with Crippen molar-refractivity contribution in [3.05, 3.63) is 61.8 Å². The van der Waals surface area contributed by atoms with Crippen LogP contribution in [0, 0.1) is 0 Å². The predicted molar refractivity (Wildman–Crippen MR) is 95.1 cm³/mol. The topological polar surface area (TPSA) is 87.1 Å². The standard InChI is InChI=1S/C19H23N3O3/c23-17-15(16-14-9-5-4-6-12(14)10-11-20-16)18(24)22(19(25)21-17)13-7-2-1-3-8-13/h4-6,9,13,16,20,24H,1-3,7-8,10-11H2,(H,21,23,25)/t16-/m1/s1. The number of hydrogen-bond acceptors (Lipinski definition) is 4. The largest absolute Gasteiger partial charge is 0.494 e. The first-order chi connectivity index (χ1) is 12.2. The summed E-state index contributed by atoms with van der Waals surface area (Å²) < 4.78 is 1.40. The molecule has 0 saturated heterocycles. The van der Waals surface area contributed by atoms with Crippen LogP contribution >= 0.6 is 0 Å². The number of nitrogens with one attached hydrogen (secondary N) is 2. The van der Waals surface area contributed by atoms with Gasteiger partial charge in [0.25, 0.3) is 5.56 Å². The van der Waals surface area contributed by atoms with Gasteiger partial charge in [0.15, 0.2) is 0 Å². The normalized spacial score (nSPS) is 21.0. The molecule has 1 aromatic carbocycles. The Kier molecular flexibility index (Phi) is 4.21. The maximum atomic E-state index is 12.5. The van der Waals surface area contributed by atoms with Gasteiger partial charge in [-0.25, -0.2) is 4.79 Å². The first-order valence-electron chi connectivity index (χ1n) is 9.05. The average molecular weight is 341 g/mol. The predicted octanol–water partition coefficient (Wildman–Crippen LogP) is 1.98. The molecule has 0 amide bonds. The number of aromatic amines is 1. The number of hydrogen-bond donors (Lipinski definition) is 3. The van der Waals surface area contributed by atoms with Gasteiger partial charge >= 0.3 is 5.69 Å². The fourth-order valence-electron chi connectivity index (χ4n) is 4.25. The van der Waals surface area contributed by atoms with Crippen LogP contribution in [0.15, 0.2) is 33.9 Å². The van der Waals surface area contributed by atoms with Crippen LogP contribution in [0.3, 0.4) is 0 Å². The van der Waals surface area contributed by atoms with E-state index in [-0.39, 0.29) is 17.5 Å². The van der Waals surface area contributed by atoms with Crippen LogP contribution in [-0.4, -0.2) is 21.2 Å². The Balaban J connectivity index is 1.86. The van der Waals surface area contributed by atoms with Crippen LogP contribution in [0.5, 0.6) is 5.88 Å². The van der Waals surface area contributed by atoms with Gasteiger partial charge in [-0.15, -0.1) is 0 Å². The monoisotopic (exact) mass is 341 g/mol. The zero-order valence-corrected chi connectivity index (χ0v) is 14.1. The summed E-state index contributed by atoms with van der Waals surface area (Å²) in [7, 11) is 0. The smallest absolute Gasteiger partial charge is 0.331 e. The highest BCUT2D eigenvalue weighted by Crippen LogP contribution is 2.34. The average Bonchev–Trinajstić information content (AvgIpc) is 2.62. The molecule has 3 N–H and O–H groups in total. The lowest BCUT2D eigenvalue weighted by atomic mass is 9.90. The second-order valence-electron chi connectivity index (χ2n) is 6.99. The van der Waals surface area contributed by atoms with Crippen LogP contribution in [0.2, 0.25) is 0 Å². The molecule has 0 radical (unpaired) electrons. The first kappa shape index (κ1) is 16.1. The Bertz CT molecular complexity index is 894. The van der Waals surface area contributed by atoms with Crippen molar-refractivity contribution in [2.75, 3.05) is 6.54 Å². The number of H-pyrrole nitrogens is 1. The molecule has 132 valence electrons. The summed E-state index contributed by atoms with van der Waals surface area (Å²) in [6, 6.07) is 7.49. The van der Waals surface area contributed by atoms with Crippen molar-refractivity contribution in [3.63, 3.8) is 0 Å². The highest BCUT2D eigenvalue weighted by atomic mass is 16.3. The van der Waals surface area contributed by atoms with Gasteiger partial charge in [0.2, 0.25) is 5.88 Å². The molecule has 1 aromatic heterocycles. The van der Waals surface area contributed by atoms with Crippen molar-refractivity contribution < 1.29 is 5.11 Å². The Morgan fingerprint density at radius 3 is 2.64 bits per heavy atom. The molecular formula is C19H23N3O3. The molecule has 1 fully saturated rings. The molecule has 0 spiro atoms. The number of rotatable bonds is 2. The molecule has 1 aliphatic heterocycles. The van der Waals surface area contributed by atoms with Crippen molar-refractivity contribution in [1.29, 1.82) is 0 Å². The van der Waals surface area contributed by atoms with Gasteiger partial charge in [0.1, 0.15) is 0 Å². The lowest BCUT2D eigenvalue weighted by molar-refractivity contribution is 0.293. The molecule has 4 rings (SSSR count). The van der Waals surface area contributed by atoms with Crippen LogP contribution in [0.4, 0.5) is 0 Å². The number of fused-ring (bicyclic) bond motifs is 1. The number of nitrogens with zero attached hydrogens (tertiary/aromatic N) is 1. The van der Waals surface area contributed by atoms with E-state index in [0.29, 0.717) is 0 Å². The molecule has 1 aliphatic carbocycles. The van der Waals surface area contributed by atoms with Crippen molar-refractivity contribution in [3.8, 4) is 5.88 Å². The third kappa shape index (κ3) is 2.80. The van der Waals surface area contributed by atoms with Gasteiger partial charge < -0.3 is 10.4 Å². The second-order valence-corrected chi connectivity index (χ2v) is 6.99.